The van der Waals surface area contributed by atoms with Crippen molar-refractivity contribution < 1.29 is 9.47 Å². The van der Waals surface area contributed by atoms with Gasteiger partial charge in [-0.3, -0.25) is 9.89 Å². The highest BCUT2D eigenvalue weighted by atomic mass is 127. The van der Waals surface area contributed by atoms with Crippen LogP contribution in [0, 0.1) is 0 Å². The number of nitrogens with zero attached hydrogens (tertiary/aromatic N) is 3. The molecule has 1 fully saturated rings. The van der Waals surface area contributed by atoms with Crippen LogP contribution in [0.2, 0.25) is 0 Å². The van der Waals surface area contributed by atoms with E-state index in [4.69, 9.17) is 15.2 Å². The monoisotopic (exact) mass is 461 g/mol. The summed E-state index contributed by atoms with van der Waals surface area (Å²) >= 11 is 0. The molecule has 1 atom stereocenters. The lowest BCUT2D eigenvalue weighted by Gasteiger charge is -2.36. The number of halogens is 1. The topological polar surface area (TPSA) is 75.4 Å². The van der Waals surface area contributed by atoms with Crippen LogP contribution in [-0.4, -0.2) is 75.3 Å². The van der Waals surface area contributed by atoms with Crippen LogP contribution in [0.4, 0.5) is 5.69 Å². The van der Waals surface area contributed by atoms with Gasteiger partial charge in [0.1, 0.15) is 0 Å². The van der Waals surface area contributed by atoms with Crippen LogP contribution >= 0.6 is 24.0 Å². The summed E-state index contributed by atoms with van der Waals surface area (Å²) in [6.07, 6.45) is 0.893. The summed E-state index contributed by atoms with van der Waals surface area (Å²) in [5.41, 5.74) is 6.90. The molecule has 0 spiro atoms. The molecule has 0 aliphatic carbocycles. The molecule has 7 nitrogen and oxygen atoms in total. The van der Waals surface area contributed by atoms with E-state index >= 15 is 0 Å². The second kappa shape index (κ2) is 9.44. The fourth-order valence-corrected chi connectivity index (χ4v) is 2.93. The highest BCUT2D eigenvalue weighted by molar-refractivity contribution is 14.0. The van der Waals surface area contributed by atoms with Gasteiger partial charge in [-0.15, -0.1) is 24.0 Å². The van der Waals surface area contributed by atoms with Gasteiger partial charge in [0, 0.05) is 43.9 Å². The molecule has 1 aromatic rings. The number of nitrogens with one attached hydrogen (secondary N) is 1. The number of nitrogens with two attached hydrogens (primary N) is 1. The average molecular weight is 461 g/mol. The van der Waals surface area contributed by atoms with E-state index in [0.717, 1.165) is 43.2 Å². The van der Waals surface area contributed by atoms with Gasteiger partial charge in [-0.25, -0.2) is 0 Å². The summed E-state index contributed by atoms with van der Waals surface area (Å²) in [7, 11) is 4.28. The van der Waals surface area contributed by atoms with Crippen LogP contribution in [-0.2, 0) is 0 Å². The molecule has 0 aromatic heterocycles. The molecular weight excluding hydrogens is 433 g/mol. The highest BCUT2D eigenvalue weighted by Gasteiger charge is 2.21. The summed E-state index contributed by atoms with van der Waals surface area (Å²) in [6.45, 7) is 5.21. The molecule has 0 saturated carbocycles. The van der Waals surface area contributed by atoms with Crippen LogP contribution in [0.1, 0.15) is 6.42 Å². The van der Waals surface area contributed by atoms with Crippen molar-refractivity contribution in [3.8, 4) is 11.5 Å². The first-order chi connectivity index (χ1) is 11.6. The standard InChI is InChI=1S/C17H27N5O2.HI/c1-21-6-7-22(2)14(12-21)11-19-17(18)20-13-4-5-15-16(10-13)24-9-3-8-23-15;/h4-5,10,14H,3,6-9,11-12H2,1-2H3,(H3,18,19,20);1H. The minimum absolute atomic E-state index is 0. The van der Waals surface area contributed by atoms with E-state index in [2.05, 4.69) is 34.2 Å². The Hall–Kier alpha value is -1.26. The van der Waals surface area contributed by atoms with Gasteiger partial charge < -0.3 is 25.4 Å². The lowest BCUT2D eigenvalue weighted by Crippen LogP contribution is -2.51. The molecule has 0 amide bonds. The summed E-state index contributed by atoms with van der Waals surface area (Å²) in [6, 6.07) is 6.13. The molecule has 1 aromatic carbocycles. The number of aliphatic imine (C=N–C) groups is 1. The zero-order chi connectivity index (χ0) is 16.9. The Bertz CT molecular complexity index is 598. The smallest absolute Gasteiger partial charge is 0.193 e. The number of guanidine groups is 1. The van der Waals surface area contributed by atoms with Crippen LogP contribution in [0.3, 0.4) is 0 Å². The first-order valence-corrected chi connectivity index (χ1v) is 8.47. The van der Waals surface area contributed by atoms with Crippen molar-refractivity contribution in [2.75, 3.05) is 58.8 Å². The zero-order valence-corrected chi connectivity index (χ0v) is 17.2. The van der Waals surface area contributed by atoms with Crippen LogP contribution in [0.25, 0.3) is 0 Å². The molecule has 1 saturated heterocycles. The van der Waals surface area contributed by atoms with Gasteiger partial charge in [-0.05, 0) is 26.2 Å². The minimum Gasteiger partial charge on any atom is -0.490 e. The third kappa shape index (κ3) is 5.61. The van der Waals surface area contributed by atoms with Gasteiger partial charge in [0.05, 0.1) is 19.8 Å². The van der Waals surface area contributed by atoms with Crippen molar-refractivity contribution >= 4 is 35.6 Å². The molecule has 0 radical (unpaired) electrons. The lowest BCUT2D eigenvalue weighted by molar-refractivity contribution is 0.119. The Morgan fingerprint density at radius 2 is 2.00 bits per heavy atom. The van der Waals surface area contributed by atoms with E-state index in [9.17, 15) is 0 Å². The molecule has 8 heteroatoms. The first-order valence-electron chi connectivity index (χ1n) is 8.47. The molecule has 2 aliphatic heterocycles. The summed E-state index contributed by atoms with van der Waals surface area (Å²) in [5, 5.41) is 3.14. The summed E-state index contributed by atoms with van der Waals surface area (Å²) in [5.74, 6) is 1.95. The van der Waals surface area contributed by atoms with Gasteiger partial charge in [0.2, 0.25) is 0 Å². The average Bonchev–Trinajstić information content (AvgIpc) is 2.80. The molecule has 2 heterocycles. The number of benzene rings is 1. The Labute approximate surface area is 166 Å². The second-order valence-corrected chi connectivity index (χ2v) is 6.46. The van der Waals surface area contributed by atoms with Crippen LogP contribution in [0.5, 0.6) is 11.5 Å². The molecular formula is C17H28IN5O2. The fourth-order valence-electron chi connectivity index (χ4n) is 2.93. The number of ether oxygens (including phenoxy) is 2. The summed E-state index contributed by atoms with van der Waals surface area (Å²) < 4.78 is 11.3. The third-order valence-electron chi connectivity index (χ3n) is 4.47. The SMILES string of the molecule is CN1CCN(C)C(CN=C(N)Nc2ccc3c(c2)OCCCO3)C1.I. The third-order valence-corrected chi connectivity index (χ3v) is 4.47. The van der Waals surface area contributed by atoms with Crippen molar-refractivity contribution in [2.45, 2.75) is 12.5 Å². The Morgan fingerprint density at radius 3 is 2.80 bits per heavy atom. The van der Waals surface area contributed by atoms with Crippen molar-refractivity contribution in [1.82, 2.24) is 9.80 Å². The molecule has 2 aliphatic rings. The van der Waals surface area contributed by atoms with E-state index in [-0.39, 0.29) is 24.0 Å². The molecule has 25 heavy (non-hydrogen) atoms. The maximum atomic E-state index is 6.04. The molecule has 3 N–H and O–H groups in total. The number of piperazine rings is 1. The van der Waals surface area contributed by atoms with Crippen molar-refractivity contribution in [1.29, 1.82) is 0 Å². The molecule has 1 unspecified atom stereocenters. The highest BCUT2D eigenvalue weighted by Crippen LogP contribution is 2.32. The fraction of sp³-hybridized carbons (Fsp3) is 0.588. The van der Waals surface area contributed by atoms with Gasteiger partial charge >= 0.3 is 0 Å². The normalized spacial score (nSPS) is 22.0. The van der Waals surface area contributed by atoms with E-state index in [0.29, 0.717) is 31.8 Å². The first kappa shape index (κ1) is 20.1. The number of hydrogen-bond acceptors (Lipinski definition) is 5. The van der Waals surface area contributed by atoms with Gasteiger partial charge in [-0.2, -0.15) is 0 Å². The molecule has 3 rings (SSSR count). The van der Waals surface area contributed by atoms with E-state index in [1.807, 2.05) is 18.2 Å². The molecule has 0 bridgehead atoms. The quantitative estimate of drug-likeness (QED) is 0.403. The predicted octanol–water partition coefficient (Wildman–Crippen LogP) is 1.44. The van der Waals surface area contributed by atoms with E-state index < -0.39 is 0 Å². The maximum Gasteiger partial charge on any atom is 0.193 e. The Balaban J connectivity index is 0.00000225. The number of rotatable bonds is 3. The van der Waals surface area contributed by atoms with Crippen molar-refractivity contribution in [3.63, 3.8) is 0 Å². The number of anilines is 1. The lowest BCUT2D eigenvalue weighted by atomic mass is 10.2. The minimum atomic E-state index is 0. The maximum absolute atomic E-state index is 6.04. The Kier molecular flexibility index (Phi) is 7.57. The summed E-state index contributed by atoms with van der Waals surface area (Å²) in [4.78, 5) is 9.17. The van der Waals surface area contributed by atoms with Crippen molar-refractivity contribution in [3.05, 3.63) is 18.2 Å². The van der Waals surface area contributed by atoms with E-state index in [1.54, 1.807) is 0 Å². The van der Waals surface area contributed by atoms with Crippen molar-refractivity contribution in [2.24, 2.45) is 10.7 Å². The number of hydrogen-bond donors (Lipinski definition) is 2. The van der Waals surface area contributed by atoms with Crippen LogP contribution < -0.4 is 20.5 Å². The predicted molar refractivity (Wildman–Crippen MR) is 111 cm³/mol. The number of fused-ring (bicyclic) bond motifs is 1. The zero-order valence-electron chi connectivity index (χ0n) is 14.9. The van der Waals surface area contributed by atoms with E-state index in [1.165, 1.54) is 0 Å². The number of likely N-dealkylation sites (N-methyl/N-ethyl adjacent to an activating group) is 2. The Morgan fingerprint density at radius 1 is 1.24 bits per heavy atom. The molecule has 140 valence electrons. The van der Waals surface area contributed by atoms with Gasteiger partial charge in [0.15, 0.2) is 17.5 Å². The van der Waals surface area contributed by atoms with Gasteiger partial charge in [-0.1, -0.05) is 0 Å². The van der Waals surface area contributed by atoms with Crippen LogP contribution in [0.15, 0.2) is 23.2 Å². The second-order valence-electron chi connectivity index (χ2n) is 6.46. The van der Waals surface area contributed by atoms with Gasteiger partial charge in [0.25, 0.3) is 0 Å². The largest absolute Gasteiger partial charge is 0.490 e.